The van der Waals surface area contributed by atoms with Crippen LogP contribution in [0.3, 0.4) is 0 Å². The van der Waals surface area contributed by atoms with E-state index in [1.807, 2.05) is 0 Å². The Morgan fingerprint density at radius 1 is 1.25 bits per heavy atom. The Balaban J connectivity index is 0. The molecule has 0 saturated heterocycles. The average molecular weight is 178 g/mol. The van der Waals surface area contributed by atoms with Crippen LogP contribution in [0.2, 0.25) is 0 Å². The predicted octanol–water partition coefficient (Wildman–Crippen LogP) is -0.888. The molecule has 0 heterocycles. The Morgan fingerprint density at radius 3 is 1.50 bits per heavy atom. The Hall–Kier alpha value is -1.30. The molecular weight excluding hydrogens is 164 g/mol. The van der Waals surface area contributed by atoms with Gasteiger partial charge in [0, 0.05) is 0 Å². The molecule has 6 nitrogen and oxygen atoms in total. The second-order valence-electron chi connectivity index (χ2n) is 2.27. The summed E-state index contributed by atoms with van der Waals surface area (Å²) < 4.78 is 0. The summed E-state index contributed by atoms with van der Waals surface area (Å²) in [6.07, 6.45) is -0.757. The van der Waals surface area contributed by atoms with E-state index in [1.54, 1.807) is 0 Å². The smallest absolute Gasteiger partial charge is 0.309 e. The number of rotatable bonds is 2. The minimum absolute atomic E-state index is 0.657. The van der Waals surface area contributed by atoms with E-state index in [4.69, 9.17) is 15.0 Å². The second-order valence-corrected chi connectivity index (χ2v) is 2.27. The molecule has 0 radical (unpaired) electrons. The first kappa shape index (κ1) is 13.3. The molecule has 2 amide bonds. The highest BCUT2D eigenvalue weighted by atomic mass is 16.4. The van der Waals surface area contributed by atoms with Crippen molar-refractivity contribution in [1.29, 1.82) is 0 Å². The van der Waals surface area contributed by atoms with Crippen LogP contribution in [-0.4, -0.2) is 28.3 Å². The molecular formula is C6H14N2O4. The number of carboxylic acid groups (broad SMARTS) is 1. The summed E-state index contributed by atoms with van der Waals surface area (Å²) in [5.41, 5.74) is 8.50. The molecule has 0 saturated carbocycles. The number of urea groups is 1. The van der Waals surface area contributed by atoms with Crippen LogP contribution in [0.15, 0.2) is 0 Å². The topological polar surface area (TPSA) is 127 Å². The predicted molar refractivity (Wildman–Crippen MR) is 42.3 cm³/mol. The van der Waals surface area contributed by atoms with Crippen molar-refractivity contribution in [2.24, 2.45) is 17.4 Å². The number of primary amides is 2. The number of nitrogens with two attached hydrogens (primary N) is 2. The van der Waals surface area contributed by atoms with Gasteiger partial charge < -0.3 is 21.7 Å². The second kappa shape index (κ2) is 6.41. The summed E-state index contributed by atoms with van der Waals surface area (Å²) in [5.74, 6) is -1.62. The lowest BCUT2D eigenvalue weighted by atomic mass is 10.1. The van der Waals surface area contributed by atoms with Crippen molar-refractivity contribution in [3.63, 3.8) is 0 Å². The molecule has 0 aromatic heterocycles. The van der Waals surface area contributed by atoms with Gasteiger partial charge in [-0.05, 0) is 13.8 Å². The van der Waals surface area contributed by atoms with E-state index in [9.17, 15) is 4.79 Å². The van der Waals surface area contributed by atoms with Gasteiger partial charge in [0.05, 0.1) is 12.0 Å². The first-order valence-electron chi connectivity index (χ1n) is 3.24. The summed E-state index contributed by atoms with van der Waals surface area (Å²) in [7, 11) is 0. The SMILES string of the molecule is CC(O)C(C)C(=O)O.NC(N)=O. The van der Waals surface area contributed by atoms with Crippen molar-refractivity contribution < 1.29 is 19.8 Å². The maximum atomic E-state index is 9.98. The first-order valence-corrected chi connectivity index (χ1v) is 3.24. The number of carbonyl (C=O) groups is 2. The minimum atomic E-state index is -0.958. The Bertz CT molecular complexity index is 154. The van der Waals surface area contributed by atoms with Gasteiger partial charge in [-0.25, -0.2) is 4.79 Å². The van der Waals surface area contributed by atoms with Crippen molar-refractivity contribution in [2.75, 3.05) is 0 Å². The largest absolute Gasteiger partial charge is 0.481 e. The number of hydrogen-bond acceptors (Lipinski definition) is 3. The average Bonchev–Trinajstić information content (AvgIpc) is 1.84. The van der Waals surface area contributed by atoms with E-state index in [2.05, 4.69) is 11.5 Å². The van der Waals surface area contributed by atoms with Gasteiger partial charge in [-0.1, -0.05) is 0 Å². The number of carbonyl (C=O) groups excluding carboxylic acids is 1. The molecule has 0 aliphatic carbocycles. The van der Waals surface area contributed by atoms with Crippen molar-refractivity contribution in [1.82, 2.24) is 0 Å². The molecule has 0 rings (SSSR count). The van der Waals surface area contributed by atoms with Crippen LogP contribution in [0.4, 0.5) is 4.79 Å². The first-order chi connectivity index (χ1) is 5.29. The molecule has 0 bridgehead atoms. The van der Waals surface area contributed by atoms with Crippen molar-refractivity contribution in [3.8, 4) is 0 Å². The molecule has 0 fully saturated rings. The fraction of sp³-hybridized carbons (Fsp3) is 0.667. The van der Waals surface area contributed by atoms with E-state index in [0.29, 0.717) is 0 Å². The summed E-state index contributed by atoms with van der Waals surface area (Å²) in [5, 5.41) is 16.8. The lowest BCUT2D eigenvalue weighted by Gasteiger charge is -2.06. The molecule has 2 unspecified atom stereocenters. The Morgan fingerprint density at radius 2 is 1.50 bits per heavy atom. The molecule has 0 aliphatic rings. The maximum Gasteiger partial charge on any atom is 0.309 e. The number of carboxylic acids is 1. The molecule has 6 N–H and O–H groups in total. The third kappa shape index (κ3) is 11.5. The van der Waals surface area contributed by atoms with E-state index < -0.39 is 24.0 Å². The van der Waals surface area contributed by atoms with Gasteiger partial charge in [0.1, 0.15) is 0 Å². The molecule has 12 heavy (non-hydrogen) atoms. The standard InChI is InChI=1S/C5H10O3.CH4N2O/c1-3(4(2)6)5(7)8;2-1(3)4/h3-4,6H,1-2H3,(H,7,8);(H4,2,3,4). The van der Waals surface area contributed by atoms with E-state index in [0.717, 1.165) is 0 Å². The molecule has 2 atom stereocenters. The number of hydrogen-bond donors (Lipinski definition) is 4. The molecule has 6 heteroatoms. The summed E-state index contributed by atoms with van der Waals surface area (Å²) in [6.45, 7) is 2.92. The fourth-order valence-electron chi connectivity index (χ4n) is 0.206. The maximum absolute atomic E-state index is 9.98. The normalized spacial score (nSPS) is 13.6. The highest BCUT2D eigenvalue weighted by molar-refractivity contribution is 5.70. The lowest BCUT2D eigenvalue weighted by Crippen LogP contribution is -2.21. The third-order valence-corrected chi connectivity index (χ3v) is 1.11. The lowest BCUT2D eigenvalue weighted by molar-refractivity contribution is -0.144. The number of aliphatic hydroxyl groups is 1. The number of amides is 2. The van der Waals surface area contributed by atoms with Gasteiger partial charge in [0.15, 0.2) is 0 Å². The van der Waals surface area contributed by atoms with E-state index in [-0.39, 0.29) is 0 Å². The molecule has 0 aromatic rings. The fourth-order valence-corrected chi connectivity index (χ4v) is 0.206. The van der Waals surface area contributed by atoms with Crippen LogP contribution in [-0.2, 0) is 4.79 Å². The minimum Gasteiger partial charge on any atom is -0.481 e. The van der Waals surface area contributed by atoms with Gasteiger partial charge in [0.2, 0.25) is 0 Å². The molecule has 0 aromatic carbocycles. The zero-order valence-corrected chi connectivity index (χ0v) is 7.02. The van der Waals surface area contributed by atoms with Crippen LogP contribution in [0.5, 0.6) is 0 Å². The summed E-state index contributed by atoms with van der Waals surface area (Å²) >= 11 is 0. The van der Waals surface area contributed by atoms with Crippen LogP contribution < -0.4 is 11.5 Å². The van der Waals surface area contributed by atoms with E-state index in [1.165, 1.54) is 13.8 Å². The molecule has 0 aliphatic heterocycles. The Labute approximate surface area is 70.2 Å². The van der Waals surface area contributed by atoms with Gasteiger partial charge in [0.25, 0.3) is 0 Å². The highest BCUT2D eigenvalue weighted by Gasteiger charge is 2.15. The van der Waals surface area contributed by atoms with Gasteiger partial charge >= 0.3 is 12.0 Å². The highest BCUT2D eigenvalue weighted by Crippen LogP contribution is 1.99. The van der Waals surface area contributed by atoms with Gasteiger partial charge in [-0.15, -0.1) is 0 Å². The zero-order valence-electron chi connectivity index (χ0n) is 7.02. The number of aliphatic hydroxyl groups excluding tert-OH is 1. The number of aliphatic carboxylic acids is 1. The van der Waals surface area contributed by atoms with Crippen LogP contribution in [0, 0.1) is 5.92 Å². The quantitative estimate of drug-likeness (QED) is 0.437. The van der Waals surface area contributed by atoms with Gasteiger partial charge in [-0.2, -0.15) is 0 Å². The summed E-state index contributed by atoms with van der Waals surface area (Å²) in [4.78, 5) is 19.0. The Kier molecular flexibility index (Phi) is 7.11. The molecule has 72 valence electrons. The van der Waals surface area contributed by atoms with Crippen LogP contribution >= 0.6 is 0 Å². The van der Waals surface area contributed by atoms with Crippen molar-refractivity contribution in [2.45, 2.75) is 20.0 Å². The van der Waals surface area contributed by atoms with E-state index >= 15 is 0 Å². The van der Waals surface area contributed by atoms with Crippen LogP contribution in [0.1, 0.15) is 13.8 Å². The third-order valence-electron chi connectivity index (χ3n) is 1.11. The molecule has 0 spiro atoms. The summed E-state index contributed by atoms with van der Waals surface area (Å²) in [6, 6.07) is -0.833. The van der Waals surface area contributed by atoms with Crippen molar-refractivity contribution in [3.05, 3.63) is 0 Å². The zero-order chi connectivity index (χ0) is 10.3. The van der Waals surface area contributed by atoms with Crippen molar-refractivity contribution >= 4 is 12.0 Å². The monoisotopic (exact) mass is 178 g/mol. The van der Waals surface area contributed by atoms with Gasteiger partial charge in [-0.3, -0.25) is 4.79 Å². The van der Waals surface area contributed by atoms with Crippen LogP contribution in [0.25, 0.3) is 0 Å².